The number of rotatable bonds is 12. The highest BCUT2D eigenvalue weighted by atomic mass is 16.1. The van der Waals surface area contributed by atoms with Crippen LogP contribution in [0, 0.1) is 6.92 Å². The van der Waals surface area contributed by atoms with Gasteiger partial charge in [-0.2, -0.15) is 0 Å². The summed E-state index contributed by atoms with van der Waals surface area (Å²) < 4.78 is 1.84. The molecular formula is C36H40BNO. The zero-order valence-electron chi connectivity index (χ0n) is 24.2. The summed E-state index contributed by atoms with van der Waals surface area (Å²) in [6.45, 7) is 30.0. The average molecular weight is 514 g/mol. The van der Waals surface area contributed by atoms with Gasteiger partial charge < -0.3 is 4.48 Å². The van der Waals surface area contributed by atoms with Crippen LogP contribution in [0.2, 0.25) is 0 Å². The Morgan fingerprint density at radius 1 is 0.821 bits per heavy atom. The molecule has 1 aromatic carbocycles. The molecule has 39 heavy (non-hydrogen) atoms. The summed E-state index contributed by atoms with van der Waals surface area (Å²) in [5, 5.41) is 0. The standard InChI is InChI=1S/C36H40BNO/c1-11-18-22-25(8)26(9)33-24-28(15-5)32(20-13-3)35(30(33)17-7)37-38-34(21-14-4)29(16-6)27(10)31(36(38)39)23-19-12-2/h11-24,37H,1-2,5-7H2,3-4,8-10H3/b20-13-,21-14-,22-18-,23-19-,26-25+. The first-order valence-corrected chi connectivity index (χ1v) is 13.1. The lowest BCUT2D eigenvalue weighted by atomic mass is 9.71. The first kappa shape index (κ1) is 30.9. The minimum Gasteiger partial charge on any atom is -0.352 e. The van der Waals surface area contributed by atoms with E-state index >= 15 is 0 Å². The van der Waals surface area contributed by atoms with Gasteiger partial charge in [0.1, 0.15) is 0 Å². The molecule has 1 heterocycles. The van der Waals surface area contributed by atoms with Crippen LogP contribution in [0.3, 0.4) is 0 Å². The van der Waals surface area contributed by atoms with Crippen LogP contribution in [-0.4, -0.2) is 11.9 Å². The molecule has 0 bridgehead atoms. The molecule has 0 aliphatic heterocycles. The lowest BCUT2D eigenvalue weighted by Gasteiger charge is -2.22. The Labute approximate surface area is 235 Å². The topological polar surface area (TPSA) is 22.0 Å². The fourth-order valence-electron chi connectivity index (χ4n) is 4.76. The lowest BCUT2D eigenvalue weighted by molar-refractivity contribution is 1.06. The Kier molecular flexibility index (Phi) is 11.5. The molecule has 0 fully saturated rings. The van der Waals surface area contributed by atoms with Crippen LogP contribution in [0.1, 0.15) is 72.3 Å². The molecule has 2 aromatic rings. The van der Waals surface area contributed by atoms with Gasteiger partial charge in [0.25, 0.3) is 7.41 Å². The van der Waals surface area contributed by atoms with Crippen molar-refractivity contribution in [3.8, 4) is 0 Å². The monoisotopic (exact) mass is 513 g/mol. The Balaban J connectivity index is 3.16. The third kappa shape index (κ3) is 6.56. The van der Waals surface area contributed by atoms with E-state index in [9.17, 15) is 4.79 Å². The normalized spacial score (nSPS) is 12.3. The molecule has 0 atom stereocenters. The van der Waals surface area contributed by atoms with E-state index in [2.05, 4.69) is 58.9 Å². The minimum absolute atomic E-state index is 0.0753. The van der Waals surface area contributed by atoms with E-state index in [4.69, 9.17) is 0 Å². The lowest BCUT2D eigenvalue weighted by Crippen LogP contribution is -2.39. The molecular weight excluding hydrogens is 473 g/mol. The highest BCUT2D eigenvalue weighted by Gasteiger charge is 2.21. The maximum Gasteiger partial charge on any atom is 0.281 e. The summed E-state index contributed by atoms with van der Waals surface area (Å²) in [7, 11) is 0.346. The maximum atomic E-state index is 14.0. The molecule has 0 amide bonds. The van der Waals surface area contributed by atoms with Crippen LogP contribution < -0.4 is 11.0 Å². The first-order chi connectivity index (χ1) is 18.7. The van der Waals surface area contributed by atoms with E-state index < -0.39 is 0 Å². The molecule has 2 rings (SSSR count). The predicted octanol–water partition coefficient (Wildman–Crippen LogP) is 8.41. The quantitative estimate of drug-likeness (QED) is 0.206. The number of hydrogen-bond acceptors (Lipinski definition) is 1. The molecule has 198 valence electrons. The average Bonchev–Trinajstić information content (AvgIpc) is 2.93. The highest BCUT2D eigenvalue weighted by Crippen LogP contribution is 2.28. The van der Waals surface area contributed by atoms with Crippen molar-refractivity contribution in [2.24, 2.45) is 0 Å². The van der Waals surface area contributed by atoms with E-state index in [-0.39, 0.29) is 5.56 Å². The second kappa shape index (κ2) is 14.5. The van der Waals surface area contributed by atoms with E-state index in [1.54, 1.807) is 18.2 Å². The van der Waals surface area contributed by atoms with Crippen molar-refractivity contribution in [1.82, 2.24) is 4.48 Å². The van der Waals surface area contributed by atoms with E-state index in [0.29, 0.717) is 13.0 Å². The molecule has 0 saturated heterocycles. The van der Waals surface area contributed by atoms with Crippen LogP contribution in [0.15, 0.2) is 91.9 Å². The molecule has 0 unspecified atom stereocenters. The fourth-order valence-corrected chi connectivity index (χ4v) is 4.76. The number of hydrogen-bond donors (Lipinski definition) is 0. The molecule has 0 spiro atoms. The van der Waals surface area contributed by atoms with Crippen LogP contribution in [-0.2, 0) is 0 Å². The summed E-state index contributed by atoms with van der Waals surface area (Å²) in [5.41, 5.74) is 10.4. The van der Waals surface area contributed by atoms with E-state index in [1.165, 1.54) is 0 Å². The SMILES string of the molecule is C=C/C=C\C(C)=C(/C)c1cc(C=C)c(/C=C\C)c(Bn2c(/C=C\C)c(C=C)c(C)c(/C=C\C=C)c2=O)c1C=C. The van der Waals surface area contributed by atoms with Gasteiger partial charge in [-0.15, -0.1) is 0 Å². The third-order valence-corrected chi connectivity index (χ3v) is 6.88. The summed E-state index contributed by atoms with van der Waals surface area (Å²) in [6, 6.07) is 2.15. The van der Waals surface area contributed by atoms with Gasteiger partial charge in [-0.05, 0) is 97.3 Å². The molecule has 0 radical (unpaired) electrons. The zero-order valence-corrected chi connectivity index (χ0v) is 24.2. The molecule has 1 aromatic heterocycles. The van der Waals surface area contributed by atoms with Crippen LogP contribution in [0.25, 0.3) is 42.0 Å². The van der Waals surface area contributed by atoms with Crippen LogP contribution >= 0.6 is 0 Å². The second-order valence-electron chi connectivity index (χ2n) is 9.16. The van der Waals surface area contributed by atoms with Gasteiger partial charge in [0.05, 0.1) is 0 Å². The molecule has 2 nitrogen and oxygen atoms in total. The number of nitrogens with zero attached hydrogens (tertiary/aromatic N) is 1. The van der Waals surface area contributed by atoms with Gasteiger partial charge in [-0.3, -0.25) is 4.79 Å². The van der Waals surface area contributed by atoms with Gasteiger partial charge in [0, 0.05) is 16.8 Å². The first-order valence-electron chi connectivity index (χ1n) is 13.1. The maximum absolute atomic E-state index is 14.0. The van der Waals surface area contributed by atoms with Crippen molar-refractivity contribution in [2.45, 2.75) is 34.6 Å². The third-order valence-electron chi connectivity index (χ3n) is 6.88. The second-order valence-corrected chi connectivity index (χ2v) is 9.16. The van der Waals surface area contributed by atoms with Crippen LogP contribution in [0.4, 0.5) is 0 Å². The molecule has 0 aliphatic rings. The van der Waals surface area contributed by atoms with Crippen molar-refractivity contribution >= 4 is 54.9 Å². The predicted molar refractivity (Wildman–Crippen MR) is 181 cm³/mol. The number of pyridine rings is 1. The minimum atomic E-state index is -0.0753. The van der Waals surface area contributed by atoms with Gasteiger partial charge in [-0.25, -0.2) is 0 Å². The van der Waals surface area contributed by atoms with E-state index in [0.717, 1.165) is 55.7 Å². The van der Waals surface area contributed by atoms with Gasteiger partial charge in [-0.1, -0.05) is 99.7 Å². The van der Waals surface area contributed by atoms with Gasteiger partial charge >= 0.3 is 0 Å². The molecule has 0 N–H and O–H groups in total. The van der Waals surface area contributed by atoms with Crippen molar-refractivity contribution in [1.29, 1.82) is 0 Å². The fraction of sp³-hybridized carbons (Fsp3) is 0.139. The number of benzene rings is 1. The van der Waals surface area contributed by atoms with E-state index in [1.807, 2.05) is 79.9 Å². The number of aromatic nitrogens is 1. The van der Waals surface area contributed by atoms with Crippen molar-refractivity contribution in [2.75, 3.05) is 0 Å². The van der Waals surface area contributed by atoms with Crippen molar-refractivity contribution < 1.29 is 0 Å². The highest BCUT2D eigenvalue weighted by molar-refractivity contribution is 6.55. The largest absolute Gasteiger partial charge is 0.352 e. The Hall–Kier alpha value is -4.37. The Morgan fingerprint density at radius 2 is 1.46 bits per heavy atom. The molecule has 0 saturated carbocycles. The summed E-state index contributed by atoms with van der Waals surface area (Å²) in [4.78, 5) is 14.0. The smallest absolute Gasteiger partial charge is 0.281 e. The van der Waals surface area contributed by atoms with Crippen LogP contribution in [0.5, 0.6) is 0 Å². The summed E-state index contributed by atoms with van der Waals surface area (Å²) in [6.07, 6.45) is 24.6. The van der Waals surface area contributed by atoms with Crippen molar-refractivity contribution in [3.63, 3.8) is 0 Å². The number of allylic oxidation sites excluding steroid dienone is 9. The van der Waals surface area contributed by atoms with Gasteiger partial charge in [0.15, 0.2) is 0 Å². The van der Waals surface area contributed by atoms with Crippen molar-refractivity contribution in [3.05, 3.63) is 142 Å². The van der Waals surface area contributed by atoms with Gasteiger partial charge in [0.2, 0.25) is 5.56 Å². The summed E-state index contributed by atoms with van der Waals surface area (Å²) >= 11 is 0. The molecule has 3 heteroatoms. The summed E-state index contributed by atoms with van der Waals surface area (Å²) in [5.74, 6) is 0. The Morgan fingerprint density at radius 3 is 2.00 bits per heavy atom. The zero-order chi connectivity index (χ0) is 29.1. The molecule has 0 aliphatic carbocycles. The Bertz CT molecular complexity index is 1520.